The number of rotatable bonds is 3. The van der Waals surface area contributed by atoms with Gasteiger partial charge in [-0.15, -0.1) is 0 Å². The van der Waals surface area contributed by atoms with Crippen LogP contribution in [0.15, 0.2) is 30.5 Å². The number of nitrogens with zero attached hydrogens (tertiary/aromatic N) is 3. The maximum atomic E-state index is 13.2. The Morgan fingerprint density at radius 2 is 1.79 bits per heavy atom. The van der Waals surface area contributed by atoms with Crippen molar-refractivity contribution in [3.8, 4) is 5.88 Å². The van der Waals surface area contributed by atoms with Crippen molar-refractivity contribution < 1.29 is 17.9 Å². The Morgan fingerprint density at radius 1 is 1.12 bits per heavy atom. The highest BCUT2D eigenvalue weighted by Gasteiger charge is 2.37. The highest BCUT2D eigenvalue weighted by atomic mass is 19.4. The van der Waals surface area contributed by atoms with Gasteiger partial charge in [-0.05, 0) is 45.4 Å². The van der Waals surface area contributed by atoms with Crippen LogP contribution in [0, 0.1) is 6.92 Å². The van der Waals surface area contributed by atoms with E-state index in [9.17, 15) is 13.2 Å². The smallest absolute Gasteiger partial charge is 0.423 e. The van der Waals surface area contributed by atoms with Crippen LogP contribution in [0.1, 0.15) is 31.9 Å². The van der Waals surface area contributed by atoms with Crippen molar-refractivity contribution in [1.82, 2.24) is 9.97 Å². The summed E-state index contributed by atoms with van der Waals surface area (Å²) >= 11 is 0. The van der Waals surface area contributed by atoms with Crippen LogP contribution in [-0.4, -0.2) is 22.6 Å². The normalized spacial score (nSPS) is 12.2. The van der Waals surface area contributed by atoms with Crippen molar-refractivity contribution in [3.63, 3.8) is 0 Å². The van der Waals surface area contributed by atoms with Gasteiger partial charge in [0.2, 0.25) is 11.8 Å². The summed E-state index contributed by atoms with van der Waals surface area (Å²) in [6.45, 7) is 6.93. The highest BCUT2D eigenvalue weighted by Crippen LogP contribution is 2.37. The van der Waals surface area contributed by atoms with E-state index < -0.39 is 23.2 Å². The van der Waals surface area contributed by atoms with Crippen molar-refractivity contribution in [1.29, 1.82) is 0 Å². The summed E-state index contributed by atoms with van der Waals surface area (Å²) in [6.07, 6.45) is -3.82. The van der Waals surface area contributed by atoms with E-state index in [-0.39, 0.29) is 5.95 Å². The second kappa shape index (κ2) is 6.30. The summed E-state index contributed by atoms with van der Waals surface area (Å²) in [5.74, 6) is -0.340. The van der Waals surface area contributed by atoms with Crippen LogP contribution in [0.3, 0.4) is 0 Å². The third-order valence-corrected chi connectivity index (χ3v) is 3.14. The van der Waals surface area contributed by atoms with Gasteiger partial charge in [-0.3, -0.25) is 0 Å². The fourth-order valence-corrected chi connectivity index (χ4v) is 2.03. The van der Waals surface area contributed by atoms with Crippen molar-refractivity contribution in [3.05, 3.63) is 41.6 Å². The summed E-state index contributed by atoms with van der Waals surface area (Å²) < 4.78 is 44.9. The molecule has 1 aromatic heterocycles. The number of aromatic nitrogens is 2. The van der Waals surface area contributed by atoms with E-state index in [1.807, 2.05) is 31.2 Å². The molecule has 1 aromatic carbocycles. The second-order valence-electron chi connectivity index (χ2n) is 6.50. The lowest BCUT2D eigenvalue weighted by molar-refractivity contribution is -0.140. The van der Waals surface area contributed by atoms with E-state index in [2.05, 4.69) is 9.97 Å². The predicted molar refractivity (Wildman–Crippen MR) is 86.7 cm³/mol. The van der Waals surface area contributed by atoms with Crippen molar-refractivity contribution in [2.75, 3.05) is 11.9 Å². The van der Waals surface area contributed by atoms with Gasteiger partial charge in [-0.1, -0.05) is 12.1 Å². The standard InChI is InChI=1S/C17H20F3N3O/c1-11-7-6-8-12(9-11)23(5)15-21-10-13(17(18,19)20)14(22-15)24-16(2,3)4/h6-10H,1-5H3. The minimum absolute atomic E-state index is 0.132. The van der Waals surface area contributed by atoms with Crippen molar-refractivity contribution >= 4 is 11.6 Å². The molecule has 0 spiro atoms. The lowest BCUT2D eigenvalue weighted by atomic mass is 10.2. The molecule has 7 heteroatoms. The third-order valence-electron chi connectivity index (χ3n) is 3.14. The van der Waals surface area contributed by atoms with Crippen LogP contribution in [0.4, 0.5) is 24.8 Å². The van der Waals surface area contributed by atoms with Crippen LogP contribution >= 0.6 is 0 Å². The minimum atomic E-state index is -4.58. The zero-order valence-electron chi connectivity index (χ0n) is 14.3. The zero-order valence-corrected chi connectivity index (χ0v) is 14.3. The molecular formula is C17H20F3N3O. The first-order valence-corrected chi connectivity index (χ1v) is 7.41. The van der Waals surface area contributed by atoms with Gasteiger partial charge in [-0.2, -0.15) is 18.2 Å². The van der Waals surface area contributed by atoms with E-state index >= 15 is 0 Å². The molecule has 1 heterocycles. The monoisotopic (exact) mass is 339 g/mol. The summed E-state index contributed by atoms with van der Waals surface area (Å²) in [5.41, 5.74) is 0.000721. The summed E-state index contributed by atoms with van der Waals surface area (Å²) in [7, 11) is 1.69. The Kier molecular flexibility index (Phi) is 4.73. The number of anilines is 2. The van der Waals surface area contributed by atoms with Crippen LogP contribution in [0.25, 0.3) is 0 Å². The molecule has 0 saturated heterocycles. The van der Waals surface area contributed by atoms with Crippen LogP contribution in [-0.2, 0) is 6.18 Å². The van der Waals surface area contributed by atoms with Gasteiger partial charge < -0.3 is 9.64 Å². The van der Waals surface area contributed by atoms with Gasteiger partial charge in [0.15, 0.2) is 0 Å². The Balaban J connectivity index is 2.47. The molecule has 0 saturated carbocycles. The van der Waals surface area contributed by atoms with Crippen LogP contribution < -0.4 is 9.64 Å². The number of benzene rings is 1. The van der Waals surface area contributed by atoms with Gasteiger partial charge in [0.1, 0.15) is 11.2 Å². The fraction of sp³-hybridized carbons (Fsp3) is 0.412. The van der Waals surface area contributed by atoms with Gasteiger partial charge in [0.25, 0.3) is 0 Å². The number of aryl methyl sites for hydroxylation is 1. The molecule has 2 aromatic rings. The van der Waals surface area contributed by atoms with Gasteiger partial charge in [-0.25, -0.2) is 4.98 Å². The van der Waals surface area contributed by atoms with E-state index in [0.29, 0.717) is 0 Å². The molecule has 0 aliphatic carbocycles. The number of halogens is 3. The number of ether oxygens (including phenoxy) is 1. The quantitative estimate of drug-likeness (QED) is 0.809. The Hall–Kier alpha value is -2.31. The van der Waals surface area contributed by atoms with Gasteiger partial charge in [0.05, 0.1) is 0 Å². The maximum absolute atomic E-state index is 13.2. The SMILES string of the molecule is Cc1cccc(N(C)c2ncc(C(F)(F)F)c(OC(C)(C)C)n2)c1. The fourth-order valence-electron chi connectivity index (χ4n) is 2.03. The first kappa shape index (κ1) is 18.0. The van der Waals surface area contributed by atoms with Crippen LogP contribution in [0.5, 0.6) is 5.88 Å². The molecule has 0 aliphatic heterocycles. The highest BCUT2D eigenvalue weighted by molar-refractivity contribution is 5.57. The average molecular weight is 339 g/mol. The molecule has 24 heavy (non-hydrogen) atoms. The van der Waals surface area contributed by atoms with Gasteiger partial charge in [0, 0.05) is 18.9 Å². The predicted octanol–water partition coefficient (Wildman–Crippen LogP) is 4.75. The molecular weight excluding hydrogens is 319 g/mol. The lowest BCUT2D eigenvalue weighted by Crippen LogP contribution is -2.26. The Morgan fingerprint density at radius 3 is 2.33 bits per heavy atom. The molecule has 130 valence electrons. The minimum Gasteiger partial charge on any atom is -0.471 e. The molecule has 0 atom stereocenters. The van der Waals surface area contributed by atoms with Crippen LogP contribution in [0.2, 0.25) is 0 Å². The molecule has 0 radical (unpaired) electrons. The first-order chi connectivity index (χ1) is 11.0. The van der Waals surface area contributed by atoms with E-state index in [1.54, 1.807) is 32.7 Å². The largest absolute Gasteiger partial charge is 0.471 e. The topological polar surface area (TPSA) is 38.2 Å². The van der Waals surface area contributed by atoms with Crippen molar-refractivity contribution in [2.24, 2.45) is 0 Å². The molecule has 4 nitrogen and oxygen atoms in total. The van der Waals surface area contributed by atoms with E-state index in [1.165, 1.54) is 0 Å². The van der Waals surface area contributed by atoms with Crippen molar-refractivity contribution in [2.45, 2.75) is 39.5 Å². The molecule has 0 aliphatic rings. The Bertz CT molecular complexity index is 724. The van der Waals surface area contributed by atoms with E-state index in [4.69, 9.17) is 4.74 Å². The zero-order chi connectivity index (χ0) is 18.1. The maximum Gasteiger partial charge on any atom is 0.423 e. The second-order valence-corrected chi connectivity index (χ2v) is 6.50. The van der Waals surface area contributed by atoms with Gasteiger partial charge >= 0.3 is 6.18 Å². The molecule has 0 unspecified atom stereocenters. The summed E-state index contributed by atoms with van der Waals surface area (Å²) in [5, 5.41) is 0. The number of hydrogen-bond acceptors (Lipinski definition) is 4. The molecule has 2 rings (SSSR count). The number of alkyl halides is 3. The number of hydrogen-bond donors (Lipinski definition) is 0. The lowest BCUT2D eigenvalue weighted by Gasteiger charge is -2.24. The Labute approximate surface area is 139 Å². The summed E-state index contributed by atoms with van der Waals surface area (Å²) in [4.78, 5) is 9.47. The average Bonchev–Trinajstić information content (AvgIpc) is 2.43. The summed E-state index contributed by atoms with van der Waals surface area (Å²) in [6, 6.07) is 7.51. The molecule has 0 fully saturated rings. The molecule has 0 amide bonds. The molecule has 0 N–H and O–H groups in total. The third kappa shape index (κ3) is 4.37. The molecule has 0 bridgehead atoms. The van der Waals surface area contributed by atoms with E-state index in [0.717, 1.165) is 17.4 Å². The first-order valence-electron chi connectivity index (χ1n) is 7.41.